The van der Waals surface area contributed by atoms with Crippen molar-refractivity contribution in [2.75, 3.05) is 13.2 Å². The van der Waals surface area contributed by atoms with Crippen LogP contribution in [0.15, 0.2) is 0 Å². The number of hydrogen-bond donors (Lipinski definition) is 1. The minimum atomic E-state index is -0.0469. The summed E-state index contributed by atoms with van der Waals surface area (Å²) >= 11 is 0. The summed E-state index contributed by atoms with van der Waals surface area (Å²) in [6.45, 7) is 1.53. The Kier molecular flexibility index (Phi) is 1.36. The van der Waals surface area contributed by atoms with Gasteiger partial charge in [-0.1, -0.05) is 0 Å². The van der Waals surface area contributed by atoms with Crippen molar-refractivity contribution < 1.29 is 9.53 Å². The number of rotatable bonds is 0. The molecule has 3 fully saturated rings. The maximum absolute atomic E-state index is 11.8. The van der Waals surface area contributed by atoms with E-state index < -0.39 is 0 Å². The molecular weight excluding hydrogens is 166 g/mol. The van der Waals surface area contributed by atoms with Crippen LogP contribution in [0.4, 0.5) is 0 Å². The van der Waals surface area contributed by atoms with Crippen LogP contribution in [0, 0.1) is 5.41 Å². The molecule has 2 spiro atoms. The lowest BCUT2D eigenvalue weighted by atomic mass is 9.77. The Morgan fingerprint density at radius 2 is 1.85 bits per heavy atom. The van der Waals surface area contributed by atoms with Crippen LogP contribution >= 0.6 is 0 Å². The molecule has 0 bridgehead atoms. The quantitative estimate of drug-likeness (QED) is 0.601. The van der Waals surface area contributed by atoms with E-state index in [9.17, 15) is 4.79 Å². The first-order chi connectivity index (χ1) is 6.25. The zero-order valence-corrected chi connectivity index (χ0v) is 7.77. The Labute approximate surface area is 77.8 Å². The Balaban J connectivity index is 1.85. The third-order valence-electron chi connectivity index (χ3n) is 3.84. The first-order valence-electron chi connectivity index (χ1n) is 5.15. The number of hydrogen-bond acceptors (Lipinski definition) is 2. The largest absolute Gasteiger partial charge is 0.381 e. The molecule has 2 heterocycles. The van der Waals surface area contributed by atoms with E-state index >= 15 is 0 Å². The molecule has 1 N–H and O–H groups in total. The van der Waals surface area contributed by atoms with Crippen molar-refractivity contribution >= 4 is 5.91 Å². The Morgan fingerprint density at radius 3 is 2.38 bits per heavy atom. The Morgan fingerprint density at radius 1 is 1.15 bits per heavy atom. The molecule has 0 unspecified atom stereocenters. The fourth-order valence-corrected chi connectivity index (χ4v) is 2.76. The zero-order valence-electron chi connectivity index (χ0n) is 7.77. The lowest BCUT2D eigenvalue weighted by Gasteiger charge is -2.30. The molecule has 0 aromatic carbocycles. The van der Waals surface area contributed by atoms with Crippen molar-refractivity contribution in [2.24, 2.45) is 5.41 Å². The molecule has 0 aromatic rings. The summed E-state index contributed by atoms with van der Waals surface area (Å²) in [5, 5.41) is 3.17. The third kappa shape index (κ3) is 1.03. The van der Waals surface area contributed by atoms with Crippen LogP contribution in [-0.4, -0.2) is 24.7 Å². The average molecular weight is 181 g/mol. The van der Waals surface area contributed by atoms with Gasteiger partial charge in [0.15, 0.2) is 0 Å². The lowest BCUT2D eigenvalue weighted by Crippen LogP contribution is -2.37. The van der Waals surface area contributed by atoms with Gasteiger partial charge in [-0.05, 0) is 32.1 Å². The Bertz CT molecular complexity index is 252. The summed E-state index contributed by atoms with van der Waals surface area (Å²) in [6, 6.07) is 0. The first-order valence-corrected chi connectivity index (χ1v) is 5.15. The maximum atomic E-state index is 11.8. The highest BCUT2D eigenvalue weighted by Gasteiger charge is 2.59. The molecule has 1 aliphatic carbocycles. The van der Waals surface area contributed by atoms with Gasteiger partial charge in [-0.25, -0.2) is 0 Å². The second-order valence-electron chi connectivity index (χ2n) is 4.80. The number of nitrogens with one attached hydrogen (secondary N) is 1. The zero-order chi connectivity index (χ0) is 8.94. The van der Waals surface area contributed by atoms with Crippen LogP contribution in [0.2, 0.25) is 0 Å². The monoisotopic (exact) mass is 181 g/mol. The fraction of sp³-hybridized carbons (Fsp3) is 0.900. The molecule has 3 aliphatic rings. The molecular formula is C10H15NO2. The summed E-state index contributed by atoms with van der Waals surface area (Å²) in [4.78, 5) is 11.8. The van der Waals surface area contributed by atoms with Crippen LogP contribution in [0.25, 0.3) is 0 Å². The first kappa shape index (κ1) is 7.80. The van der Waals surface area contributed by atoms with Gasteiger partial charge in [-0.3, -0.25) is 4.79 Å². The number of amides is 1. The SMILES string of the molecule is O=C1NC2(CC2)CC12CCOCC2. The Hall–Kier alpha value is -0.570. The predicted octanol–water partition coefficient (Wildman–Crippen LogP) is 0.836. The van der Waals surface area contributed by atoms with E-state index in [-0.39, 0.29) is 11.0 Å². The molecule has 0 atom stereocenters. The summed E-state index contributed by atoms with van der Waals surface area (Å²) in [6.07, 6.45) is 5.33. The van der Waals surface area contributed by atoms with Crippen molar-refractivity contribution in [3.8, 4) is 0 Å². The van der Waals surface area contributed by atoms with E-state index in [0.717, 1.165) is 32.5 Å². The molecule has 2 aliphatic heterocycles. The van der Waals surface area contributed by atoms with E-state index in [4.69, 9.17) is 4.74 Å². The van der Waals surface area contributed by atoms with Crippen LogP contribution in [0.3, 0.4) is 0 Å². The molecule has 13 heavy (non-hydrogen) atoms. The molecule has 3 heteroatoms. The normalized spacial score (nSPS) is 33.7. The minimum absolute atomic E-state index is 0.0469. The molecule has 0 aromatic heterocycles. The molecule has 1 amide bonds. The van der Waals surface area contributed by atoms with Crippen LogP contribution in [-0.2, 0) is 9.53 Å². The van der Waals surface area contributed by atoms with E-state index in [1.165, 1.54) is 12.8 Å². The van der Waals surface area contributed by atoms with Crippen molar-refractivity contribution in [2.45, 2.75) is 37.6 Å². The van der Waals surface area contributed by atoms with Gasteiger partial charge in [0.25, 0.3) is 0 Å². The van der Waals surface area contributed by atoms with Gasteiger partial charge >= 0.3 is 0 Å². The highest BCUT2D eigenvalue weighted by molar-refractivity contribution is 5.86. The molecule has 2 saturated heterocycles. The standard InChI is InChI=1S/C10H15NO2/c12-8-9(3-5-13-6-4-9)7-10(11-8)1-2-10/h1-7H2,(H,11,12). The van der Waals surface area contributed by atoms with Crippen molar-refractivity contribution in [3.05, 3.63) is 0 Å². The summed E-state index contributed by atoms with van der Waals surface area (Å²) < 4.78 is 5.31. The highest BCUT2D eigenvalue weighted by atomic mass is 16.5. The van der Waals surface area contributed by atoms with Gasteiger partial charge in [0.2, 0.25) is 5.91 Å². The molecule has 72 valence electrons. The van der Waals surface area contributed by atoms with E-state index in [1.54, 1.807) is 0 Å². The van der Waals surface area contributed by atoms with Gasteiger partial charge in [0.05, 0.1) is 5.41 Å². The van der Waals surface area contributed by atoms with E-state index in [2.05, 4.69) is 5.32 Å². The molecule has 0 radical (unpaired) electrons. The molecule has 1 saturated carbocycles. The van der Waals surface area contributed by atoms with Gasteiger partial charge in [-0.15, -0.1) is 0 Å². The lowest BCUT2D eigenvalue weighted by molar-refractivity contribution is -0.132. The third-order valence-corrected chi connectivity index (χ3v) is 3.84. The van der Waals surface area contributed by atoms with E-state index in [1.807, 2.05) is 0 Å². The number of ether oxygens (including phenoxy) is 1. The smallest absolute Gasteiger partial charge is 0.226 e. The average Bonchev–Trinajstić information content (AvgIpc) is 2.80. The highest BCUT2D eigenvalue weighted by Crippen LogP contribution is 2.53. The second kappa shape index (κ2) is 2.27. The number of carbonyl (C=O) groups is 1. The van der Waals surface area contributed by atoms with Crippen molar-refractivity contribution in [1.29, 1.82) is 0 Å². The van der Waals surface area contributed by atoms with Gasteiger partial charge in [-0.2, -0.15) is 0 Å². The predicted molar refractivity (Wildman–Crippen MR) is 47.2 cm³/mol. The van der Waals surface area contributed by atoms with Gasteiger partial charge in [0.1, 0.15) is 0 Å². The minimum Gasteiger partial charge on any atom is -0.381 e. The summed E-state index contributed by atoms with van der Waals surface area (Å²) in [5.74, 6) is 0.299. The number of carbonyl (C=O) groups excluding carboxylic acids is 1. The van der Waals surface area contributed by atoms with Crippen molar-refractivity contribution in [3.63, 3.8) is 0 Å². The van der Waals surface area contributed by atoms with E-state index in [0.29, 0.717) is 5.91 Å². The summed E-state index contributed by atoms with van der Waals surface area (Å²) in [5.41, 5.74) is 0.184. The fourth-order valence-electron chi connectivity index (χ4n) is 2.76. The second-order valence-corrected chi connectivity index (χ2v) is 4.80. The molecule has 3 nitrogen and oxygen atoms in total. The topological polar surface area (TPSA) is 38.3 Å². The van der Waals surface area contributed by atoms with Crippen LogP contribution < -0.4 is 5.32 Å². The van der Waals surface area contributed by atoms with Crippen LogP contribution in [0.1, 0.15) is 32.1 Å². The summed E-state index contributed by atoms with van der Waals surface area (Å²) in [7, 11) is 0. The molecule has 3 rings (SSSR count). The van der Waals surface area contributed by atoms with Gasteiger partial charge < -0.3 is 10.1 Å². The maximum Gasteiger partial charge on any atom is 0.226 e. The van der Waals surface area contributed by atoms with Crippen LogP contribution in [0.5, 0.6) is 0 Å². The van der Waals surface area contributed by atoms with Gasteiger partial charge in [0, 0.05) is 18.8 Å². The van der Waals surface area contributed by atoms with Crippen molar-refractivity contribution in [1.82, 2.24) is 5.32 Å².